The second-order valence-corrected chi connectivity index (χ2v) is 8.03. The van der Waals surface area contributed by atoms with Crippen LogP contribution in [0, 0.1) is 0 Å². The average molecular weight is 354 g/mol. The van der Waals surface area contributed by atoms with E-state index in [2.05, 4.69) is 5.32 Å². The molecule has 7 heteroatoms. The molecule has 1 heterocycles. The first-order chi connectivity index (χ1) is 11.4. The summed E-state index contributed by atoms with van der Waals surface area (Å²) in [6.45, 7) is 7.33. The van der Waals surface area contributed by atoms with E-state index in [1.54, 1.807) is 25.1 Å². The van der Waals surface area contributed by atoms with Crippen LogP contribution in [0.25, 0.3) is 0 Å². The molecule has 0 aliphatic carbocycles. The van der Waals surface area contributed by atoms with Crippen molar-refractivity contribution in [2.75, 3.05) is 29.8 Å². The molecule has 1 aliphatic rings. The molecule has 1 aliphatic heterocycles. The molecule has 1 amide bonds. The number of sulfonamides is 1. The molecule has 0 spiro atoms. The first kappa shape index (κ1) is 18.7. The fourth-order valence-electron chi connectivity index (χ4n) is 2.93. The van der Waals surface area contributed by atoms with E-state index < -0.39 is 10.0 Å². The van der Waals surface area contributed by atoms with Crippen LogP contribution in [0.2, 0.25) is 0 Å². The predicted octanol–water partition coefficient (Wildman–Crippen LogP) is 1.94. The summed E-state index contributed by atoms with van der Waals surface area (Å²) in [5, 5.41) is 2.86. The Morgan fingerprint density at radius 2 is 2.12 bits per heavy atom. The fourth-order valence-corrected chi connectivity index (χ4v) is 4.31. The summed E-state index contributed by atoms with van der Waals surface area (Å²) in [5.74, 6) is -0.0717. The minimum Gasteiger partial charge on any atom is -0.382 e. The summed E-state index contributed by atoms with van der Waals surface area (Å²) in [7, 11) is -3.30. The molecule has 24 heavy (non-hydrogen) atoms. The molecule has 0 aromatic heterocycles. The van der Waals surface area contributed by atoms with Crippen molar-refractivity contribution in [2.45, 2.75) is 39.7 Å². The van der Waals surface area contributed by atoms with Crippen LogP contribution in [0.1, 0.15) is 43.1 Å². The lowest BCUT2D eigenvalue weighted by Crippen LogP contribution is -2.36. The van der Waals surface area contributed by atoms with Gasteiger partial charge in [-0.2, -0.15) is 0 Å². The van der Waals surface area contributed by atoms with Gasteiger partial charge in [-0.15, -0.1) is 0 Å². The Morgan fingerprint density at radius 3 is 2.79 bits per heavy atom. The van der Waals surface area contributed by atoms with Gasteiger partial charge in [-0.25, -0.2) is 8.42 Å². The van der Waals surface area contributed by atoms with E-state index in [1.165, 1.54) is 4.31 Å². The Morgan fingerprint density at radius 1 is 1.38 bits per heavy atom. The maximum Gasteiger partial charge on any atom is 0.251 e. The van der Waals surface area contributed by atoms with Crippen molar-refractivity contribution in [1.29, 1.82) is 0 Å². The van der Waals surface area contributed by atoms with Gasteiger partial charge in [0.2, 0.25) is 10.0 Å². The highest BCUT2D eigenvalue weighted by atomic mass is 32.2. The maximum absolute atomic E-state index is 12.3. The van der Waals surface area contributed by atoms with Crippen molar-refractivity contribution in [2.24, 2.45) is 0 Å². The molecular formula is C17H26N2O4S. The van der Waals surface area contributed by atoms with Gasteiger partial charge >= 0.3 is 0 Å². The van der Waals surface area contributed by atoms with Crippen LogP contribution in [-0.4, -0.2) is 45.9 Å². The summed E-state index contributed by atoms with van der Waals surface area (Å²) in [6.07, 6.45) is 1.39. The fraction of sp³-hybridized carbons (Fsp3) is 0.588. The Labute approximate surface area is 144 Å². The zero-order valence-electron chi connectivity index (χ0n) is 14.5. The standard InChI is InChI=1S/C17H26N2O4S/c1-4-23-10-6-9-18-17(20)14-7-8-16-15(12-14)11-13(3)19(16)24(21,22)5-2/h7-8,12-13H,4-6,9-11H2,1-3H3,(H,18,20)/t13-/m0/s1. The average Bonchev–Trinajstić information content (AvgIpc) is 2.89. The summed E-state index contributed by atoms with van der Waals surface area (Å²) < 4.78 is 31.2. The van der Waals surface area contributed by atoms with Crippen LogP contribution in [0.4, 0.5) is 5.69 Å². The first-order valence-electron chi connectivity index (χ1n) is 8.41. The third-order valence-corrected chi connectivity index (χ3v) is 6.00. The van der Waals surface area contributed by atoms with Crippen LogP contribution in [0.15, 0.2) is 18.2 Å². The van der Waals surface area contributed by atoms with Gasteiger partial charge in [0.1, 0.15) is 0 Å². The van der Waals surface area contributed by atoms with Crippen molar-refractivity contribution in [3.05, 3.63) is 29.3 Å². The lowest BCUT2D eigenvalue weighted by molar-refractivity contribution is 0.0944. The molecule has 0 saturated carbocycles. The second kappa shape index (κ2) is 7.98. The summed E-state index contributed by atoms with van der Waals surface area (Å²) in [4.78, 5) is 12.2. The van der Waals surface area contributed by atoms with Crippen molar-refractivity contribution < 1.29 is 17.9 Å². The Balaban J connectivity index is 2.07. The van der Waals surface area contributed by atoms with E-state index in [-0.39, 0.29) is 17.7 Å². The molecule has 1 aromatic rings. The highest BCUT2D eigenvalue weighted by molar-refractivity contribution is 7.92. The minimum absolute atomic E-state index is 0.0683. The molecule has 0 radical (unpaired) electrons. The number of amides is 1. The number of nitrogens with zero attached hydrogens (tertiary/aromatic N) is 1. The summed E-state index contributed by atoms with van der Waals surface area (Å²) in [6, 6.07) is 5.11. The number of nitrogens with one attached hydrogen (secondary N) is 1. The van der Waals surface area contributed by atoms with Gasteiger partial charge in [-0.1, -0.05) is 0 Å². The van der Waals surface area contributed by atoms with Gasteiger partial charge in [0.25, 0.3) is 5.91 Å². The number of ether oxygens (including phenoxy) is 1. The first-order valence-corrected chi connectivity index (χ1v) is 10.0. The van der Waals surface area contributed by atoms with E-state index in [1.807, 2.05) is 13.8 Å². The molecule has 0 unspecified atom stereocenters. The van der Waals surface area contributed by atoms with Crippen molar-refractivity contribution in [3.8, 4) is 0 Å². The van der Waals surface area contributed by atoms with Crippen LogP contribution in [0.3, 0.4) is 0 Å². The largest absolute Gasteiger partial charge is 0.382 e. The van der Waals surface area contributed by atoms with Crippen molar-refractivity contribution in [3.63, 3.8) is 0 Å². The molecular weight excluding hydrogens is 328 g/mol. The number of carbonyl (C=O) groups is 1. The normalized spacial score (nSPS) is 17.0. The van der Waals surface area contributed by atoms with Crippen LogP contribution in [-0.2, 0) is 21.2 Å². The number of benzene rings is 1. The van der Waals surface area contributed by atoms with E-state index >= 15 is 0 Å². The minimum atomic E-state index is -3.30. The van der Waals surface area contributed by atoms with E-state index in [0.29, 0.717) is 37.4 Å². The third kappa shape index (κ3) is 4.08. The van der Waals surface area contributed by atoms with E-state index in [0.717, 1.165) is 12.0 Å². The highest BCUT2D eigenvalue weighted by Gasteiger charge is 2.34. The Kier molecular flexibility index (Phi) is 6.23. The van der Waals surface area contributed by atoms with Crippen LogP contribution >= 0.6 is 0 Å². The van der Waals surface area contributed by atoms with Gasteiger partial charge < -0.3 is 10.1 Å². The second-order valence-electron chi connectivity index (χ2n) is 5.90. The molecule has 6 nitrogen and oxygen atoms in total. The quantitative estimate of drug-likeness (QED) is 0.724. The molecule has 1 atom stereocenters. The van der Waals surface area contributed by atoms with Gasteiger partial charge in [0.15, 0.2) is 0 Å². The third-order valence-electron chi connectivity index (χ3n) is 4.11. The predicted molar refractivity (Wildman–Crippen MR) is 95.0 cm³/mol. The number of fused-ring (bicyclic) bond motifs is 1. The SMILES string of the molecule is CCOCCCNC(=O)c1ccc2c(c1)C[C@H](C)N2S(=O)(=O)CC. The van der Waals surface area contributed by atoms with E-state index in [4.69, 9.17) is 4.74 Å². The van der Waals surface area contributed by atoms with Crippen molar-refractivity contribution in [1.82, 2.24) is 5.32 Å². The van der Waals surface area contributed by atoms with Crippen LogP contribution in [0.5, 0.6) is 0 Å². The monoisotopic (exact) mass is 354 g/mol. The lowest BCUT2D eigenvalue weighted by Gasteiger charge is -2.23. The molecule has 0 saturated heterocycles. The summed E-state index contributed by atoms with van der Waals surface area (Å²) in [5.41, 5.74) is 2.16. The number of carbonyl (C=O) groups excluding carboxylic acids is 1. The number of hydrogen-bond donors (Lipinski definition) is 1. The molecule has 134 valence electrons. The zero-order chi connectivity index (χ0) is 17.7. The van der Waals surface area contributed by atoms with Gasteiger partial charge in [-0.3, -0.25) is 9.10 Å². The van der Waals surface area contributed by atoms with Crippen LogP contribution < -0.4 is 9.62 Å². The lowest BCUT2D eigenvalue weighted by atomic mass is 10.1. The number of rotatable bonds is 8. The number of anilines is 1. The Hall–Kier alpha value is -1.60. The van der Waals surface area contributed by atoms with Gasteiger partial charge in [0, 0.05) is 31.4 Å². The number of hydrogen-bond acceptors (Lipinski definition) is 4. The van der Waals surface area contributed by atoms with E-state index in [9.17, 15) is 13.2 Å². The molecule has 0 bridgehead atoms. The van der Waals surface area contributed by atoms with Crippen molar-refractivity contribution >= 4 is 21.6 Å². The zero-order valence-corrected chi connectivity index (χ0v) is 15.4. The van der Waals surface area contributed by atoms with Gasteiger partial charge in [0.05, 0.1) is 11.4 Å². The van der Waals surface area contributed by atoms with Gasteiger partial charge in [-0.05, 0) is 57.4 Å². The topological polar surface area (TPSA) is 75.7 Å². The summed E-state index contributed by atoms with van der Waals surface area (Å²) >= 11 is 0. The highest BCUT2D eigenvalue weighted by Crippen LogP contribution is 2.35. The molecule has 0 fully saturated rings. The maximum atomic E-state index is 12.3. The molecule has 2 rings (SSSR count). The molecule has 1 N–H and O–H groups in total. The molecule has 1 aromatic carbocycles. The smallest absolute Gasteiger partial charge is 0.251 e. The Bertz CT molecular complexity index is 688.